The molecule has 0 unspecified atom stereocenters. The van der Waals surface area contributed by atoms with E-state index in [2.05, 4.69) is 10.3 Å². The summed E-state index contributed by atoms with van der Waals surface area (Å²) in [5, 5.41) is 13.8. The van der Waals surface area contributed by atoms with Gasteiger partial charge in [-0.25, -0.2) is 4.79 Å². The van der Waals surface area contributed by atoms with Crippen LogP contribution in [0.2, 0.25) is 5.02 Å². The summed E-state index contributed by atoms with van der Waals surface area (Å²) in [6, 6.07) is 7.51. The molecule has 3 N–H and O–H groups in total. The van der Waals surface area contributed by atoms with Crippen molar-refractivity contribution in [1.82, 2.24) is 20.1 Å². The molecule has 1 aromatic heterocycles. The van der Waals surface area contributed by atoms with Crippen molar-refractivity contribution < 1.29 is 14.7 Å². The minimum absolute atomic E-state index is 0.0120. The summed E-state index contributed by atoms with van der Waals surface area (Å²) in [5.74, 6) is 0.485. The molecule has 4 rings (SSSR count). The second-order valence-electron chi connectivity index (χ2n) is 8.59. The fraction of sp³-hybridized carbons (Fsp3) is 0.545. The first-order valence-corrected chi connectivity index (χ1v) is 11.0. The topological polar surface area (TPSA) is 88.7 Å². The highest BCUT2D eigenvalue weighted by Crippen LogP contribution is 2.35. The predicted octanol–water partition coefficient (Wildman–Crippen LogP) is 2.97. The number of fused-ring (bicyclic) bond motifs is 1. The average Bonchev–Trinajstić information content (AvgIpc) is 3.12. The summed E-state index contributed by atoms with van der Waals surface area (Å²) < 4.78 is 0. The Bertz CT molecular complexity index is 924. The van der Waals surface area contributed by atoms with Gasteiger partial charge < -0.3 is 25.2 Å². The summed E-state index contributed by atoms with van der Waals surface area (Å²) in [7, 11) is 1.80. The van der Waals surface area contributed by atoms with Crippen LogP contribution in [0.1, 0.15) is 31.4 Å². The molecule has 1 atom stereocenters. The van der Waals surface area contributed by atoms with E-state index in [0.717, 1.165) is 48.8 Å². The second-order valence-corrected chi connectivity index (χ2v) is 9.03. The lowest BCUT2D eigenvalue weighted by atomic mass is 9.74. The summed E-state index contributed by atoms with van der Waals surface area (Å²) in [6.45, 7) is 1.89. The number of hydrogen-bond acceptors (Lipinski definition) is 3. The smallest absolute Gasteiger partial charge is 0.317 e. The predicted molar refractivity (Wildman–Crippen MR) is 116 cm³/mol. The molecule has 1 saturated carbocycles. The maximum Gasteiger partial charge on any atom is 0.317 e. The highest BCUT2D eigenvalue weighted by Gasteiger charge is 2.38. The first-order chi connectivity index (χ1) is 14.4. The van der Waals surface area contributed by atoms with Crippen LogP contribution in [0.5, 0.6) is 0 Å². The average molecular weight is 433 g/mol. The maximum atomic E-state index is 12.7. The molecule has 2 aliphatic rings. The summed E-state index contributed by atoms with van der Waals surface area (Å²) >= 11 is 6.03. The monoisotopic (exact) mass is 432 g/mol. The van der Waals surface area contributed by atoms with E-state index < -0.39 is 0 Å². The zero-order valence-electron chi connectivity index (χ0n) is 17.2. The molecule has 1 aromatic carbocycles. The number of H-pyrrole nitrogens is 1. The lowest BCUT2D eigenvalue weighted by molar-refractivity contribution is -0.142. The lowest BCUT2D eigenvalue weighted by Gasteiger charge is -2.42. The SMILES string of the molecule is CN(C(=O)NCc1cc2cc(Cl)ccc2[nH]1)[C@@H]1CCCN(C(=O)C2CC(CO)C2)C1. The molecular weight excluding hydrogens is 404 g/mol. The van der Waals surface area contributed by atoms with Gasteiger partial charge in [0.1, 0.15) is 0 Å². The Morgan fingerprint density at radius 1 is 1.33 bits per heavy atom. The number of amides is 3. The van der Waals surface area contributed by atoms with Crippen LogP contribution in [0.15, 0.2) is 24.3 Å². The maximum absolute atomic E-state index is 12.7. The Kier molecular flexibility index (Phi) is 6.20. The van der Waals surface area contributed by atoms with Gasteiger partial charge in [0.05, 0.1) is 12.6 Å². The minimum atomic E-state index is -0.144. The van der Waals surface area contributed by atoms with E-state index in [1.807, 2.05) is 29.2 Å². The molecule has 2 heterocycles. The number of aromatic amines is 1. The Morgan fingerprint density at radius 2 is 2.13 bits per heavy atom. The number of hydrogen-bond donors (Lipinski definition) is 3. The first kappa shape index (κ1) is 21.0. The van der Waals surface area contributed by atoms with E-state index in [0.29, 0.717) is 18.1 Å². The van der Waals surface area contributed by atoms with Crippen LogP contribution in [0, 0.1) is 11.8 Å². The third-order valence-electron chi connectivity index (χ3n) is 6.49. The third-order valence-corrected chi connectivity index (χ3v) is 6.72. The Labute approximate surface area is 181 Å². The van der Waals surface area contributed by atoms with E-state index in [1.54, 1.807) is 11.9 Å². The third kappa shape index (κ3) is 4.42. The molecule has 30 heavy (non-hydrogen) atoms. The van der Waals surface area contributed by atoms with Gasteiger partial charge in [-0.05, 0) is 55.9 Å². The fourth-order valence-corrected chi connectivity index (χ4v) is 4.72. The zero-order valence-corrected chi connectivity index (χ0v) is 18.0. The fourth-order valence-electron chi connectivity index (χ4n) is 4.54. The van der Waals surface area contributed by atoms with Crippen LogP contribution in [0.3, 0.4) is 0 Å². The largest absolute Gasteiger partial charge is 0.396 e. The Morgan fingerprint density at radius 3 is 2.90 bits per heavy atom. The normalized spacial score (nSPS) is 23.8. The number of carbonyl (C=O) groups excluding carboxylic acids is 2. The molecule has 162 valence electrons. The van der Waals surface area contributed by atoms with Gasteiger partial charge >= 0.3 is 6.03 Å². The van der Waals surface area contributed by atoms with E-state index in [4.69, 9.17) is 11.6 Å². The van der Waals surface area contributed by atoms with Gasteiger partial charge in [0, 0.05) is 54.3 Å². The van der Waals surface area contributed by atoms with Crippen LogP contribution in [0.25, 0.3) is 10.9 Å². The van der Waals surface area contributed by atoms with Crippen molar-refractivity contribution in [2.75, 3.05) is 26.7 Å². The number of halogens is 1. The number of carbonyl (C=O) groups is 2. The van der Waals surface area contributed by atoms with Crippen LogP contribution in [-0.2, 0) is 11.3 Å². The number of urea groups is 1. The standard InChI is InChI=1S/C22H29ClN4O3/c1-26(19-3-2-6-27(12-19)21(29)16-7-14(8-16)13-28)22(30)24-11-18-10-15-9-17(23)4-5-20(15)25-18/h4-5,9-10,14,16,19,25,28H,2-3,6-8,11-13H2,1H3,(H,24,30)/t14?,16?,19-/m1/s1. The van der Waals surface area contributed by atoms with Crippen LogP contribution in [-0.4, -0.2) is 64.6 Å². The number of aliphatic hydroxyl groups is 1. The van der Waals surface area contributed by atoms with Gasteiger partial charge in [-0.15, -0.1) is 0 Å². The van der Waals surface area contributed by atoms with Crippen molar-refractivity contribution in [1.29, 1.82) is 0 Å². The van der Waals surface area contributed by atoms with Crippen molar-refractivity contribution in [3.05, 3.63) is 35.0 Å². The first-order valence-electron chi connectivity index (χ1n) is 10.6. The number of aromatic nitrogens is 1. The van der Waals surface area contributed by atoms with E-state index in [1.165, 1.54) is 0 Å². The van der Waals surface area contributed by atoms with Crippen LogP contribution >= 0.6 is 11.6 Å². The van der Waals surface area contributed by atoms with E-state index >= 15 is 0 Å². The lowest BCUT2D eigenvalue weighted by Crippen LogP contribution is -2.54. The van der Waals surface area contributed by atoms with Gasteiger partial charge in [0.2, 0.25) is 5.91 Å². The van der Waals surface area contributed by atoms with Crippen molar-refractivity contribution >= 4 is 34.4 Å². The van der Waals surface area contributed by atoms with E-state index in [-0.39, 0.29) is 36.4 Å². The number of nitrogens with one attached hydrogen (secondary N) is 2. The number of likely N-dealkylation sites (tertiary alicyclic amines) is 1. The molecule has 0 radical (unpaired) electrons. The molecule has 0 bridgehead atoms. The van der Waals surface area contributed by atoms with Crippen LogP contribution in [0.4, 0.5) is 4.79 Å². The van der Waals surface area contributed by atoms with Gasteiger partial charge in [-0.1, -0.05) is 11.6 Å². The molecule has 1 aliphatic heterocycles. The molecule has 8 heteroatoms. The van der Waals surface area contributed by atoms with E-state index in [9.17, 15) is 14.7 Å². The summed E-state index contributed by atoms with van der Waals surface area (Å²) in [4.78, 5) is 32.3. The number of piperidine rings is 1. The molecule has 1 aliphatic carbocycles. The van der Waals surface area contributed by atoms with Gasteiger partial charge in [0.25, 0.3) is 0 Å². The molecule has 7 nitrogen and oxygen atoms in total. The number of rotatable bonds is 5. The van der Waals surface area contributed by atoms with Gasteiger partial charge in [-0.2, -0.15) is 0 Å². The molecule has 3 amide bonds. The highest BCUT2D eigenvalue weighted by atomic mass is 35.5. The molecule has 2 fully saturated rings. The number of aliphatic hydroxyl groups excluding tert-OH is 1. The van der Waals surface area contributed by atoms with Crippen molar-refractivity contribution in [2.45, 2.75) is 38.3 Å². The summed E-state index contributed by atoms with van der Waals surface area (Å²) in [6.07, 6.45) is 3.35. The second kappa shape index (κ2) is 8.86. The molecule has 2 aromatic rings. The minimum Gasteiger partial charge on any atom is -0.396 e. The molecular formula is C22H29ClN4O3. The highest BCUT2D eigenvalue weighted by molar-refractivity contribution is 6.31. The zero-order chi connectivity index (χ0) is 21.3. The van der Waals surface area contributed by atoms with Crippen LogP contribution < -0.4 is 5.32 Å². The number of nitrogens with zero attached hydrogens (tertiary/aromatic N) is 2. The quantitative estimate of drug-likeness (QED) is 0.678. The van der Waals surface area contributed by atoms with Gasteiger partial charge in [-0.3, -0.25) is 4.79 Å². The molecule has 0 spiro atoms. The Hall–Kier alpha value is -2.25. The van der Waals surface area contributed by atoms with Gasteiger partial charge in [0.15, 0.2) is 0 Å². The van der Waals surface area contributed by atoms with Crippen molar-refractivity contribution in [2.24, 2.45) is 11.8 Å². The summed E-state index contributed by atoms with van der Waals surface area (Å²) in [5.41, 5.74) is 1.90. The van der Waals surface area contributed by atoms with Crippen molar-refractivity contribution in [3.8, 4) is 0 Å². The van der Waals surface area contributed by atoms with Crippen molar-refractivity contribution in [3.63, 3.8) is 0 Å². The molecule has 1 saturated heterocycles. The Balaban J connectivity index is 1.30. The number of benzene rings is 1. The number of likely N-dealkylation sites (N-methyl/N-ethyl adjacent to an activating group) is 1.